The number of methoxy groups -OCH3 is 2. The molecule has 0 aliphatic heterocycles. The molecule has 0 aromatic rings. The number of ether oxygens (including phenoxy) is 2. The van der Waals surface area contributed by atoms with Crippen molar-refractivity contribution in [3.8, 4) is 0 Å². The maximum atomic E-state index is 11.0. The highest BCUT2D eigenvalue weighted by molar-refractivity contribution is 5.82. The van der Waals surface area contributed by atoms with Crippen LogP contribution >= 0.6 is 0 Å². The zero-order chi connectivity index (χ0) is 11.7. The van der Waals surface area contributed by atoms with Gasteiger partial charge in [-0.3, -0.25) is 0 Å². The van der Waals surface area contributed by atoms with E-state index in [-0.39, 0.29) is 18.7 Å². The van der Waals surface area contributed by atoms with Gasteiger partial charge in [0.1, 0.15) is 0 Å². The second-order valence-electron chi connectivity index (χ2n) is 3.03. The van der Waals surface area contributed by atoms with Crippen LogP contribution < -0.4 is 0 Å². The van der Waals surface area contributed by atoms with E-state index in [4.69, 9.17) is 9.84 Å². The summed E-state index contributed by atoms with van der Waals surface area (Å²) in [5.74, 6) is -0.388. The molecule has 0 saturated heterocycles. The third kappa shape index (κ3) is 6.04. The first-order chi connectivity index (χ1) is 7.15. The summed E-state index contributed by atoms with van der Waals surface area (Å²) in [6, 6.07) is 0. The molecule has 0 radical (unpaired) electrons. The van der Waals surface area contributed by atoms with Crippen LogP contribution in [0.25, 0.3) is 0 Å². The molecule has 1 atom stereocenters. The molecule has 0 aromatic carbocycles. The molecule has 0 fully saturated rings. The van der Waals surface area contributed by atoms with Gasteiger partial charge >= 0.3 is 5.97 Å². The van der Waals surface area contributed by atoms with E-state index in [2.05, 4.69) is 4.74 Å². The van der Waals surface area contributed by atoms with Crippen molar-refractivity contribution in [1.82, 2.24) is 0 Å². The van der Waals surface area contributed by atoms with Gasteiger partial charge in [-0.25, -0.2) is 4.79 Å². The van der Waals surface area contributed by atoms with Crippen LogP contribution in [0.1, 0.15) is 13.3 Å². The van der Waals surface area contributed by atoms with E-state index in [1.54, 1.807) is 20.1 Å². The summed E-state index contributed by atoms with van der Waals surface area (Å²) >= 11 is 0. The van der Waals surface area contributed by atoms with Gasteiger partial charge in [0.15, 0.2) is 0 Å². The van der Waals surface area contributed by atoms with E-state index in [9.17, 15) is 4.79 Å². The van der Waals surface area contributed by atoms with Crippen LogP contribution in [0.5, 0.6) is 0 Å². The maximum Gasteiger partial charge on any atom is 0.330 e. The molecule has 0 heterocycles. The van der Waals surface area contributed by atoms with Crippen molar-refractivity contribution < 1.29 is 19.4 Å². The Labute approximate surface area is 90.2 Å². The van der Waals surface area contributed by atoms with Gasteiger partial charge in [-0.2, -0.15) is 0 Å². The summed E-state index contributed by atoms with van der Waals surface area (Å²) in [6.45, 7) is 1.81. The van der Waals surface area contributed by atoms with Crippen LogP contribution in [0.3, 0.4) is 0 Å². The van der Waals surface area contributed by atoms with E-state index in [0.29, 0.717) is 6.42 Å². The van der Waals surface area contributed by atoms with E-state index < -0.39 is 0 Å². The second kappa shape index (κ2) is 8.20. The van der Waals surface area contributed by atoms with Crippen LogP contribution in [0.15, 0.2) is 23.8 Å². The Hall–Kier alpha value is -1.13. The Morgan fingerprint density at radius 3 is 2.53 bits per heavy atom. The predicted octanol–water partition coefficient (Wildman–Crippen LogP) is 1.06. The van der Waals surface area contributed by atoms with E-state index in [1.165, 1.54) is 13.2 Å². The van der Waals surface area contributed by atoms with Gasteiger partial charge in [0, 0.05) is 13.2 Å². The molecule has 0 aromatic heterocycles. The molecular weight excluding hydrogens is 196 g/mol. The van der Waals surface area contributed by atoms with Crippen molar-refractivity contribution in [2.75, 3.05) is 20.8 Å². The number of carbonyl (C=O) groups excluding carboxylic acids is 1. The highest BCUT2D eigenvalue weighted by atomic mass is 16.5. The zero-order valence-corrected chi connectivity index (χ0v) is 9.40. The fourth-order valence-corrected chi connectivity index (χ4v) is 1.10. The molecule has 0 amide bonds. The third-order valence-electron chi connectivity index (χ3n) is 1.96. The second-order valence-corrected chi connectivity index (χ2v) is 3.03. The summed E-state index contributed by atoms with van der Waals surface area (Å²) in [5.41, 5.74) is 0.798. The topological polar surface area (TPSA) is 55.8 Å². The monoisotopic (exact) mass is 214 g/mol. The van der Waals surface area contributed by atoms with Crippen LogP contribution in [0.4, 0.5) is 0 Å². The van der Waals surface area contributed by atoms with Gasteiger partial charge in [0.2, 0.25) is 0 Å². The summed E-state index contributed by atoms with van der Waals surface area (Å²) in [4.78, 5) is 11.0. The third-order valence-corrected chi connectivity index (χ3v) is 1.96. The van der Waals surface area contributed by atoms with Gasteiger partial charge in [-0.05, 0) is 18.9 Å². The lowest BCUT2D eigenvalue weighted by Crippen LogP contribution is -2.12. The molecule has 0 aliphatic rings. The number of hydrogen-bond acceptors (Lipinski definition) is 4. The average Bonchev–Trinajstić information content (AvgIpc) is 2.24. The van der Waals surface area contributed by atoms with E-state index in [1.807, 2.05) is 6.08 Å². The molecule has 15 heavy (non-hydrogen) atoms. The number of rotatable bonds is 6. The highest BCUT2D eigenvalue weighted by Gasteiger charge is 2.09. The summed E-state index contributed by atoms with van der Waals surface area (Å²) in [7, 11) is 2.91. The molecule has 0 rings (SSSR count). The molecule has 0 spiro atoms. The summed E-state index contributed by atoms with van der Waals surface area (Å²) in [6.07, 6.45) is 5.31. The van der Waals surface area contributed by atoms with Crippen molar-refractivity contribution >= 4 is 5.97 Å². The Balaban J connectivity index is 4.32. The Morgan fingerprint density at radius 1 is 1.40 bits per heavy atom. The first kappa shape index (κ1) is 13.9. The number of aliphatic hydroxyl groups excluding tert-OH is 1. The van der Waals surface area contributed by atoms with Crippen LogP contribution in [0, 0.1) is 0 Å². The first-order valence-electron chi connectivity index (χ1n) is 4.70. The molecule has 4 heteroatoms. The van der Waals surface area contributed by atoms with Gasteiger partial charge < -0.3 is 14.6 Å². The van der Waals surface area contributed by atoms with Crippen molar-refractivity contribution in [2.24, 2.45) is 0 Å². The molecule has 1 N–H and O–H groups in total. The maximum absolute atomic E-state index is 11.0. The molecule has 4 nitrogen and oxygen atoms in total. The summed E-state index contributed by atoms with van der Waals surface area (Å²) < 4.78 is 9.71. The highest BCUT2D eigenvalue weighted by Crippen LogP contribution is 2.10. The van der Waals surface area contributed by atoms with E-state index >= 15 is 0 Å². The first-order valence-corrected chi connectivity index (χ1v) is 4.70. The van der Waals surface area contributed by atoms with Crippen LogP contribution in [-0.4, -0.2) is 38.0 Å². The molecular formula is C11H18O4. The van der Waals surface area contributed by atoms with Gasteiger partial charge in [-0.1, -0.05) is 12.2 Å². The van der Waals surface area contributed by atoms with Crippen molar-refractivity contribution in [3.63, 3.8) is 0 Å². The molecule has 0 saturated carbocycles. The number of carbonyl (C=O) groups is 1. The Morgan fingerprint density at radius 2 is 2.07 bits per heavy atom. The van der Waals surface area contributed by atoms with Gasteiger partial charge in [0.25, 0.3) is 0 Å². The summed E-state index contributed by atoms with van der Waals surface area (Å²) in [5, 5.41) is 8.56. The van der Waals surface area contributed by atoms with Crippen molar-refractivity contribution in [3.05, 3.63) is 23.8 Å². The number of aliphatic hydroxyl groups is 1. The SMILES string of the molecule is COC(=O)/C=C(/C)[C@@H](C/C=C\CO)OC. The fourth-order valence-electron chi connectivity index (χ4n) is 1.10. The quantitative estimate of drug-likeness (QED) is 0.408. The Kier molecular flexibility index (Phi) is 7.58. The lowest BCUT2D eigenvalue weighted by Gasteiger charge is -2.13. The van der Waals surface area contributed by atoms with Crippen LogP contribution in [-0.2, 0) is 14.3 Å². The Bertz CT molecular complexity index is 243. The van der Waals surface area contributed by atoms with Crippen molar-refractivity contribution in [2.45, 2.75) is 19.4 Å². The minimum absolute atomic E-state index is 0.0101. The van der Waals surface area contributed by atoms with Gasteiger partial charge in [0.05, 0.1) is 19.8 Å². The average molecular weight is 214 g/mol. The molecule has 0 bridgehead atoms. The van der Waals surface area contributed by atoms with Crippen LogP contribution in [0.2, 0.25) is 0 Å². The number of esters is 1. The smallest absolute Gasteiger partial charge is 0.330 e. The predicted molar refractivity (Wildman–Crippen MR) is 57.4 cm³/mol. The molecule has 0 unspecified atom stereocenters. The fraction of sp³-hybridized carbons (Fsp3) is 0.545. The van der Waals surface area contributed by atoms with Gasteiger partial charge in [-0.15, -0.1) is 0 Å². The van der Waals surface area contributed by atoms with E-state index in [0.717, 1.165) is 5.57 Å². The minimum Gasteiger partial charge on any atom is -0.466 e. The standard InChI is InChI=1S/C11H18O4/c1-9(8-11(13)15-3)10(14-2)6-4-5-7-12/h4-5,8,10,12H,6-7H2,1-3H3/b5-4-,9-8-/t10-/m1/s1. The molecule has 86 valence electrons. The lowest BCUT2D eigenvalue weighted by molar-refractivity contribution is -0.134. The minimum atomic E-state index is -0.388. The zero-order valence-electron chi connectivity index (χ0n) is 9.40. The number of hydrogen-bond donors (Lipinski definition) is 1. The normalized spacial score (nSPS) is 14.3. The molecule has 0 aliphatic carbocycles. The largest absolute Gasteiger partial charge is 0.466 e. The lowest BCUT2D eigenvalue weighted by atomic mass is 10.1. The van der Waals surface area contributed by atoms with Crippen molar-refractivity contribution in [1.29, 1.82) is 0 Å².